The Morgan fingerprint density at radius 2 is 1.82 bits per heavy atom. The van der Waals surface area contributed by atoms with Gasteiger partial charge in [0.15, 0.2) is 0 Å². The van der Waals surface area contributed by atoms with Crippen molar-refractivity contribution < 1.29 is 9.53 Å². The van der Waals surface area contributed by atoms with Crippen molar-refractivity contribution in [1.82, 2.24) is 4.90 Å². The lowest BCUT2D eigenvalue weighted by Gasteiger charge is -2.06. The minimum absolute atomic E-state index is 0.134. The van der Waals surface area contributed by atoms with Crippen molar-refractivity contribution in [3.8, 4) is 0 Å². The second-order valence-electron chi connectivity index (χ2n) is 4.87. The van der Waals surface area contributed by atoms with Gasteiger partial charge in [0.05, 0.1) is 12.1 Å². The average Bonchev–Trinajstić information content (AvgIpc) is 3.11. The van der Waals surface area contributed by atoms with Crippen LogP contribution in [-0.4, -0.2) is 23.1 Å². The maximum Gasteiger partial charge on any atom is 0.410 e. The fourth-order valence-electron chi connectivity index (χ4n) is 2.77. The average molecular weight is 231 g/mol. The molecule has 2 aliphatic rings. The second-order valence-corrected chi connectivity index (χ2v) is 4.87. The number of hydrogen-bond donors (Lipinski definition) is 0. The molecule has 2 atom stereocenters. The van der Waals surface area contributed by atoms with Crippen molar-refractivity contribution in [2.75, 3.05) is 0 Å². The van der Waals surface area contributed by atoms with Crippen LogP contribution in [0.5, 0.6) is 0 Å². The van der Waals surface area contributed by atoms with Crippen LogP contribution in [-0.2, 0) is 11.3 Å². The molecule has 90 valence electrons. The number of nitrogens with zero attached hydrogens (tertiary/aromatic N) is 1. The summed E-state index contributed by atoms with van der Waals surface area (Å²) in [7, 11) is 0. The van der Waals surface area contributed by atoms with Crippen molar-refractivity contribution in [1.29, 1.82) is 0 Å². The monoisotopic (exact) mass is 231 g/mol. The molecule has 3 nitrogen and oxygen atoms in total. The largest absolute Gasteiger partial charge is 0.445 e. The Kier molecular flexibility index (Phi) is 2.75. The lowest BCUT2D eigenvalue weighted by Crippen LogP contribution is -2.15. The molecule has 3 rings (SSSR count). The Morgan fingerprint density at radius 3 is 2.47 bits per heavy atom. The number of carbonyl (C=O) groups excluding carboxylic acids is 1. The van der Waals surface area contributed by atoms with Gasteiger partial charge in [0.2, 0.25) is 0 Å². The summed E-state index contributed by atoms with van der Waals surface area (Å²) < 4.78 is 5.33. The smallest absolute Gasteiger partial charge is 0.410 e. The van der Waals surface area contributed by atoms with E-state index in [1.54, 1.807) is 0 Å². The molecule has 1 saturated carbocycles. The molecule has 0 radical (unpaired) electrons. The number of rotatable bonds is 2. The zero-order chi connectivity index (χ0) is 11.7. The second kappa shape index (κ2) is 4.40. The molecule has 3 heteroatoms. The number of benzene rings is 1. The minimum atomic E-state index is -0.134. The Hall–Kier alpha value is -1.51. The van der Waals surface area contributed by atoms with E-state index in [2.05, 4.69) is 0 Å². The summed E-state index contributed by atoms with van der Waals surface area (Å²) in [5.74, 6) is 0. The van der Waals surface area contributed by atoms with E-state index < -0.39 is 0 Å². The van der Waals surface area contributed by atoms with Crippen LogP contribution in [0.15, 0.2) is 30.3 Å². The Labute approximate surface area is 101 Å². The van der Waals surface area contributed by atoms with Gasteiger partial charge in [-0.3, -0.25) is 4.90 Å². The molecule has 0 N–H and O–H groups in total. The van der Waals surface area contributed by atoms with Crippen molar-refractivity contribution >= 4 is 6.09 Å². The van der Waals surface area contributed by atoms with Gasteiger partial charge in [-0.2, -0.15) is 0 Å². The first kappa shape index (κ1) is 10.6. The van der Waals surface area contributed by atoms with E-state index in [9.17, 15) is 4.79 Å². The number of amides is 1. The molecule has 1 aromatic rings. The van der Waals surface area contributed by atoms with Crippen LogP contribution >= 0.6 is 0 Å². The third kappa shape index (κ3) is 2.14. The molecule has 2 fully saturated rings. The fraction of sp³-hybridized carbons (Fsp3) is 0.500. The Morgan fingerprint density at radius 1 is 1.18 bits per heavy atom. The highest BCUT2D eigenvalue weighted by Gasteiger charge is 2.52. The van der Waals surface area contributed by atoms with Gasteiger partial charge >= 0.3 is 6.09 Å². The van der Waals surface area contributed by atoms with Gasteiger partial charge in [0, 0.05) is 0 Å². The summed E-state index contributed by atoms with van der Waals surface area (Å²) in [5.41, 5.74) is 1.05. The molecule has 1 saturated heterocycles. The maximum absolute atomic E-state index is 11.8. The summed E-state index contributed by atoms with van der Waals surface area (Å²) >= 11 is 0. The zero-order valence-corrected chi connectivity index (χ0v) is 9.84. The molecule has 1 aliphatic heterocycles. The van der Waals surface area contributed by atoms with E-state index in [1.807, 2.05) is 35.2 Å². The number of likely N-dealkylation sites (tertiary alicyclic amines) is 1. The zero-order valence-electron chi connectivity index (χ0n) is 9.84. The van der Waals surface area contributed by atoms with Gasteiger partial charge in [0.25, 0.3) is 0 Å². The van der Waals surface area contributed by atoms with E-state index in [1.165, 1.54) is 12.8 Å². The van der Waals surface area contributed by atoms with E-state index in [0.717, 1.165) is 18.4 Å². The molecule has 1 heterocycles. The first-order chi connectivity index (χ1) is 8.36. The summed E-state index contributed by atoms with van der Waals surface area (Å²) in [4.78, 5) is 13.8. The van der Waals surface area contributed by atoms with Crippen LogP contribution < -0.4 is 0 Å². The highest BCUT2D eigenvalue weighted by atomic mass is 16.6. The molecular weight excluding hydrogens is 214 g/mol. The standard InChI is InChI=1S/C14H17NO2/c16-14(15-12-8-4-5-9-13(12)15)17-10-11-6-2-1-3-7-11/h1-3,6-7,12-13H,4-5,8-10H2/t12-,13-/m1/s1. The molecular formula is C14H17NO2. The summed E-state index contributed by atoms with van der Waals surface area (Å²) in [6, 6.07) is 10.8. The number of fused-ring (bicyclic) bond motifs is 1. The Bertz CT molecular complexity index is 392. The molecule has 0 aromatic heterocycles. The van der Waals surface area contributed by atoms with Crippen LogP contribution in [0.2, 0.25) is 0 Å². The van der Waals surface area contributed by atoms with E-state index >= 15 is 0 Å². The molecule has 1 aromatic carbocycles. The maximum atomic E-state index is 11.8. The molecule has 17 heavy (non-hydrogen) atoms. The predicted molar refractivity (Wildman–Crippen MR) is 64.5 cm³/mol. The lowest BCUT2D eigenvalue weighted by atomic mass is 10.0. The van der Waals surface area contributed by atoms with Crippen LogP contribution in [0.25, 0.3) is 0 Å². The normalized spacial score (nSPS) is 26.2. The molecule has 1 amide bonds. The summed E-state index contributed by atoms with van der Waals surface area (Å²) in [5, 5.41) is 0. The fourth-order valence-corrected chi connectivity index (χ4v) is 2.77. The van der Waals surface area contributed by atoms with E-state index in [-0.39, 0.29) is 6.09 Å². The van der Waals surface area contributed by atoms with E-state index in [0.29, 0.717) is 18.7 Å². The Balaban J connectivity index is 1.51. The highest BCUT2D eigenvalue weighted by Crippen LogP contribution is 2.40. The van der Waals surface area contributed by atoms with Gasteiger partial charge in [-0.25, -0.2) is 4.79 Å². The first-order valence-electron chi connectivity index (χ1n) is 6.35. The first-order valence-corrected chi connectivity index (χ1v) is 6.35. The van der Waals surface area contributed by atoms with E-state index in [4.69, 9.17) is 4.74 Å². The number of ether oxygens (including phenoxy) is 1. The molecule has 0 unspecified atom stereocenters. The number of carbonyl (C=O) groups is 1. The minimum Gasteiger partial charge on any atom is -0.445 e. The number of hydrogen-bond acceptors (Lipinski definition) is 2. The van der Waals surface area contributed by atoms with Crippen LogP contribution in [0.3, 0.4) is 0 Å². The summed E-state index contributed by atoms with van der Waals surface area (Å²) in [6.07, 6.45) is 4.69. The molecule has 0 spiro atoms. The van der Waals surface area contributed by atoms with Gasteiger partial charge in [-0.15, -0.1) is 0 Å². The quantitative estimate of drug-likeness (QED) is 0.732. The van der Waals surface area contributed by atoms with Crippen LogP contribution in [0.1, 0.15) is 31.2 Å². The molecule has 0 bridgehead atoms. The van der Waals surface area contributed by atoms with Crippen molar-refractivity contribution in [2.45, 2.75) is 44.4 Å². The topological polar surface area (TPSA) is 29.3 Å². The molecule has 1 aliphatic carbocycles. The highest BCUT2D eigenvalue weighted by molar-refractivity contribution is 5.72. The lowest BCUT2D eigenvalue weighted by molar-refractivity contribution is 0.120. The predicted octanol–water partition coefficient (Wildman–Crippen LogP) is 2.95. The van der Waals surface area contributed by atoms with Crippen molar-refractivity contribution in [3.63, 3.8) is 0 Å². The van der Waals surface area contributed by atoms with Crippen molar-refractivity contribution in [3.05, 3.63) is 35.9 Å². The van der Waals surface area contributed by atoms with Crippen LogP contribution in [0.4, 0.5) is 4.79 Å². The van der Waals surface area contributed by atoms with Crippen molar-refractivity contribution in [2.24, 2.45) is 0 Å². The SMILES string of the molecule is O=C(OCc1ccccc1)N1[C@@H]2CCCC[C@H]21. The summed E-state index contributed by atoms with van der Waals surface area (Å²) in [6.45, 7) is 0.385. The van der Waals surface area contributed by atoms with Gasteiger partial charge < -0.3 is 4.74 Å². The van der Waals surface area contributed by atoms with Gasteiger partial charge in [-0.05, 0) is 18.4 Å². The third-order valence-electron chi connectivity index (χ3n) is 3.73. The van der Waals surface area contributed by atoms with Crippen LogP contribution in [0, 0.1) is 0 Å². The van der Waals surface area contributed by atoms with Gasteiger partial charge in [-0.1, -0.05) is 43.2 Å². The van der Waals surface area contributed by atoms with Gasteiger partial charge in [0.1, 0.15) is 6.61 Å². The third-order valence-corrected chi connectivity index (χ3v) is 3.73.